The van der Waals surface area contributed by atoms with Crippen molar-refractivity contribution in [3.05, 3.63) is 58.6 Å². The van der Waals surface area contributed by atoms with E-state index in [9.17, 15) is 14.9 Å². The van der Waals surface area contributed by atoms with Gasteiger partial charge in [0.15, 0.2) is 5.16 Å². The first-order valence-corrected chi connectivity index (χ1v) is 8.94. The molecule has 0 aliphatic heterocycles. The molecule has 0 spiro atoms. The summed E-state index contributed by atoms with van der Waals surface area (Å²) in [7, 11) is 0. The molecule has 10 heteroatoms. The number of aromatic amines is 1. The number of nitro groups is 1. The second-order valence-electron chi connectivity index (χ2n) is 5.82. The van der Waals surface area contributed by atoms with Gasteiger partial charge in [-0.1, -0.05) is 30.0 Å². The van der Waals surface area contributed by atoms with Crippen LogP contribution in [0.3, 0.4) is 0 Å². The molecular formula is C17H14N6O3S. The maximum absolute atomic E-state index is 12.5. The quantitative estimate of drug-likeness (QED) is 0.311. The van der Waals surface area contributed by atoms with Crippen LogP contribution in [0.5, 0.6) is 0 Å². The van der Waals surface area contributed by atoms with Crippen LogP contribution in [-0.2, 0) is 4.79 Å². The van der Waals surface area contributed by atoms with E-state index in [1.54, 1.807) is 13.0 Å². The average molecular weight is 382 g/mol. The molecule has 0 unspecified atom stereocenters. The van der Waals surface area contributed by atoms with E-state index in [-0.39, 0.29) is 11.6 Å². The number of amides is 1. The third-order valence-corrected chi connectivity index (χ3v) is 5.03. The molecular weight excluding hydrogens is 368 g/mol. The number of non-ortho nitro benzene ring substituents is 1. The molecule has 2 aromatic heterocycles. The zero-order valence-corrected chi connectivity index (χ0v) is 14.9. The second-order valence-corrected chi connectivity index (χ2v) is 7.13. The number of nitrogens with one attached hydrogen (secondary N) is 2. The van der Waals surface area contributed by atoms with Crippen molar-refractivity contribution >= 4 is 45.9 Å². The molecule has 0 fully saturated rings. The van der Waals surface area contributed by atoms with Crippen molar-refractivity contribution in [2.24, 2.45) is 0 Å². The van der Waals surface area contributed by atoms with Gasteiger partial charge in [-0.3, -0.25) is 19.3 Å². The van der Waals surface area contributed by atoms with Crippen molar-refractivity contribution in [2.45, 2.75) is 17.3 Å². The van der Waals surface area contributed by atoms with E-state index in [1.165, 1.54) is 30.0 Å². The van der Waals surface area contributed by atoms with Crippen LogP contribution in [-0.4, -0.2) is 35.7 Å². The lowest BCUT2D eigenvalue weighted by Gasteiger charge is -2.10. The van der Waals surface area contributed by atoms with Crippen molar-refractivity contribution in [3.63, 3.8) is 0 Å². The van der Waals surface area contributed by atoms with Crippen molar-refractivity contribution in [2.75, 3.05) is 5.32 Å². The number of hydrogen-bond acceptors (Lipinski definition) is 6. The highest BCUT2D eigenvalue weighted by atomic mass is 32.2. The Bertz CT molecular complexity index is 1170. The molecule has 136 valence electrons. The van der Waals surface area contributed by atoms with Gasteiger partial charge in [0.05, 0.1) is 21.2 Å². The Morgan fingerprint density at radius 2 is 2.11 bits per heavy atom. The monoisotopic (exact) mass is 382 g/mol. The average Bonchev–Trinajstić information content (AvgIpc) is 3.21. The summed E-state index contributed by atoms with van der Waals surface area (Å²) in [5, 5.41) is 20.8. The van der Waals surface area contributed by atoms with Crippen molar-refractivity contribution in [3.8, 4) is 0 Å². The molecule has 4 rings (SSSR count). The number of carbonyl (C=O) groups excluding carboxylic acids is 1. The highest BCUT2D eigenvalue weighted by molar-refractivity contribution is 8.00. The molecule has 9 nitrogen and oxygen atoms in total. The third kappa shape index (κ3) is 3.22. The van der Waals surface area contributed by atoms with Gasteiger partial charge >= 0.3 is 0 Å². The Morgan fingerprint density at radius 3 is 2.93 bits per heavy atom. The molecule has 2 aromatic carbocycles. The number of H-pyrrole nitrogens is 1. The van der Waals surface area contributed by atoms with E-state index in [4.69, 9.17) is 0 Å². The van der Waals surface area contributed by atoms with Crippen molar-refractivity contribution in [1.82, 2.24) is 19.6 Å². The van der Waals surface area contributed by atoms with Gasteiger partial charge in [0, 0.05) is 17.8 Å². The molecule has 2 N–H and O–H groups in total. The fourth-order valence-electron chi connectivity index (χ4n) is 2.67. The van der Waals surface area contributed by atoms with Crippen LogP contribution < -0.4 is 5.32 Å². The normalized spacial score (nSPS) is 12.3. The fraction of sp³-hybridized carbons (Fsp3) is 0.118. The number of para-hydroxylation sites is 2. The highest BCUT2D eigenvalue weighted by Crippen LogP contribution is 2.27. The van der Waals surface area contributed by atoms with Gasteiger partial charge in [0.1, 0.15) is 0 Å². The van der Waals surface area contributed by atoms with E-state index in [1.807, 2.05) is 28.7 Å². The van der Waals surface area contributed by atoms with Crippen LogP contribution in [0, 0.1) is 10.1 Å². The lowest BCUT2D eigenvalue weighted by molar-refractivity contribution is -0.384. The predicted octanol–water partition coefficient (Wildman–Crippen LogP) is 3.24. The first-order chi connectivity index (χ1) is 13.0. The van der Waals surface area contributed by atoms with E-state index in [0.29, 0.717) is 16.6 Å². The molecule has 1 amide bonds. The Morgan fingerprint density at radius 1 is 1.30 bits per heavy atom. The SMILES string of the molecule is C[C@H](Sc1n[nH]c2nc3ccccc3n12)C(=O)Nc1cccc([N+](=O)[O-])c1. The van der Waals surface area contributed by atoms with Gasteiger partial charge in [-0.05, 0) is 25.1 Å². The fourth-order valence-corrected chi connectivity index (χ4v) is 3.55. The maximum atomic E-state index is 12.5. The van der Waals surface area contributed by atoms with E-state index < -0.39 is 10.2 Å². The van der Waals surface area contributed by atoms with Crippen molar-refractivity contribution < 1.29 is 9.72 Å². The number of thioether (sulfide) groups is 1. The Hall–Kier alpha value is -3.40. The molecule has 0 saturated heterocycles. The summed E-state index contributed by atoms with van der Waals surface area (Å²) in [6.45, 7) is 1.75. The van der Waals surface area contributed by atoms with E-state index in [2.05, 4.69) is 20.5 Å². The van der Waals surface area contributed by atoms with Gasteiger partial charge < -0.3 is 5.32 Å². The molecule has 27 heavy (non-hydrogen) atoms. The van der Waals surface area contributed by atoms with Gasteiger partial charge in [-0.15, -0.1) is 5.10 Å². The smallest absolute Gasteiger partial charge is 0.271 e. The number of aromatic nitrogens is 4. The minimum atomic E-state index is -0.502. The van der Waals surface area contributed by atoms with E-state index in [0.717, 1.165) is 11.0 Å². The largest absolute Gasteiger partial charge is 0.325 e. The lowest BCUT2D eigenvalue weighted by Crippen LogP contribution is -2.22. The number of benzene rings is 2. The Balaban J connectivity index is 1.54. The minimum absolute atomic E-state index is 0.0769. The molecule has 4 aromatic rings. The van der Waals surface area contributed by atoms with Gasteiger partial charge in [0.25, 0.3) is 5.69 Å². The van der Waals surface area contributed by atoms with Crippen LogP contribution in [0.25, 0.3) is 16.8 Å². The first-order valence-electron chi connectivity index (χ1n) is 8.06. The van der Waals surface area contributed by atoms with Gasteiger partial charge in [0.2, 0.25) is 11.7 Å². The number of imidazole rings is 1. The summed E-state index contributed by atoms with van der Waals surface area (Å²) in [5.41, 5.74) is 2.03. The van der Waals surface area contributed by atoms with E-state index >= 15 is 0 Å². The first kappa shape index (κ1) is 17.0. The molecule has 0 aliphatic rings. The summed E-state index contributed by atoms with van der Waals surface area (Å²) in [5.74, 6) is 0.325. The second kappa shape index (κ2) is 6.72. The Kier molecular flexibility index (Phi) is 4.24. The maximum Gasteiger partial charge on any atom is 0.271 e. The summed E-state index contributed by atoms with van der Waals surface area (Å²) in [4.78, 5) is 27.3. The van der Waals surface area contributed by atoms with Crippen LogP contribution in [0.2, 0.25) is 0 Å². The van der Waals surface area contributed by atoms with Crippen LogP contribution in [0.1, 0.15) is 6.92 Å². The number of carbonyl (C=O) groups is 1. The summed E-state index contributed by atoms with van der Waals surface area (Å²) < 4.78 is 1.86. The number of anilines is 1. The van der Waals surface area contributed by atoms with Crippen molar-refractivity contribution in [1.29, 1.82) is 0 Å². The molecule has 0 aliphatic carbocycles. The van der Waals surface area contributed by atoms with Crippen LogP contribution >= 0.6 is 11.8 Å². The molecule has 2 heterocycles. The van der Waals surface area contributed by atoms with Gasteiger partial charge in [-0.2, -0.15) is 0 Å². The highest BCUT2D eigenvalue weighted by Gasteiger charge is 2.20. The zero-order valence-electron chi connectivity index (χ0n) is 14.1. The molecule has 1 atom stereocenters. The lowest BCUT2D eigenvalue weighted by atomic mass is 10.2. The summed E-state index contributed by atoms with van der Waals surface area (Å²) in [6, 6.07) is 13.5. The van der Waals surface area contributed by atoms with Crippen LogP contribution in [0.4, 0.5) is 11.4 Å². The van der Waals surface area contributed by atoms with Gasteiger partial charge in [-0.25, -0.2) is 10.1 Å². The molecule has 0 saturated carbocycles. The Labute approximate surface area is 156 Å². The number of fused-ring (bicyclic) bond motifs is 3. The summed E-state index contributed by atoms with van der Waals surface area (Å²) >= 11 is 1.27. The topological polar surface area (TPSA) is 118 Å². The number of nitrogens with zero attached hydrogens (tertiary/aromatic N) is 4. The number of nitro benzene ring substituents is 1. The minimum Gasteiger partial charge on any atom is -0.325 e. The summed E-state index contributed by atoms with van der Waals surface area (Å²) in [6.07, 6.45) is 0. The standard InChI is InChI=1S/C17H14N6O3S/c1-10(15(24)18-11-5-4-6-12(9-11)23(25)26)27-17-21-20-16-19-13-7-2-3-8-14(13)22(16)17/h2-10H,1H3,(H,18,24)(H,19,20)/t10-/m0/s1. The third-order valence-electron chi connectivity index (χ3n) is 3.98. The number of hydrogen-bond donors (Lipinski definition) is 2. The van der Waals surface area contributed by atoms with Crippen LogP contribution in [0.15, 0.2) is 53.7 Å². The molecule has 0 bridgehead atoms. The number of rotatable bonds is 5. The predicted molar refractivity (Wildman–Crippen MR) is 102 cm³/mol. The molecule has 0 radical (unpaired) electrons. The zero-order chi connectivity index (χ0) is 19.0.